The number of benzene rings is 1. The summed E-state index contributed by atoms with van der Waals surface area (Å²) in [5.41, 5.74) is -0.396. The van der Waals surface area contributed by atoms with E-state index < -0.39 is 11.4 Å². The zero-order valence-corrected chi connectivity index (χ0v) is 12.5. The second-order valence-corrected chi connectivity index (χ2v) is 6.13. The lowest BCUT2D eigenvalue weighted by molar-refractivity contribution is -0.150. The molecule has 6 heteroatoms. The van der Waals surface area contributed by atoms with E-state index in [0.717, 1.165) is 0 Å². The van der Waals surface area contributed by atoms with Gasteiger partial charge in [0.1, 0.15) is 0 Å². The lowest BCUT2D eigenvalue weighted by Crippen LogP contribution is -2.45. The van der Waals surface area contributed by atoms with Crippen molar-refractivity contribution in [3.8, 4) is 0 Å². The molecule has 1 aromatic rings. The normalized spacial score (nSPS) is 17.9. The van der Waals surface area contributed by atoms with Crippen molar-refractivity contribution in [2.45, 2.75) is 19.8 Å². The zero-order chi connectivity index (χ0) is 14.9. The first-order valence-corrected chi connectivity index (χ1v) is 7.07. The maximum atomic E-state index is 12.4. The van der Waals surface area contributed by atoms with Crippen LogP contribution in [0.2, 0.25) is 10.0 Å². The second kappa shape index (κ2) is 5.62. The SMILES string of the molecule is CC1(C(=O)O)CCN(C(=O)c2cc(Cl)ccc2Cl)CC1. The van der Waals surface area contributed by atoms with Gasteiger partial charge in [-0.25, -0.2) is 0 Å². The Balaban J connectivity index is 2.13. The molecule has 0 unspecified atom stereocenters. The molecule has 0 atom stereocenters. The van der Waals surface area contributed by atoms with Gasteiger partial charge in [0.25, 0.3) is 5.91 Å². The Morgan fingerprint density at radius 3 is 2.40 bits per heavy atom. The van der Waals surface area contributed by atoms with Gasteiger partial charge in [-0.3, -0.25) is 9.59 Å². The van der Waals surface area contributed by atoms with Crippen molar-refractivity contribution >= 4 is 35.1 Å². The molecule has 0 spiro atoms. The zero-order valence-electron chi connectivity index (χ0n) is 11.0. The van der Waals surface area contributed by atoms with E-state index in [1.807, 2.05) is 0 Å². The molecule has 1 aliphatic heterocycles. The maximum Gasteiger partial charge on any atom is 0.309 e. The molecule has 1 heterocycles. The van der Waals surface area contributed by atoms with Crippen LogP contribution in [-0.4, -0.2) is 35.0 Å². The summed E-state index contributed by atoms with van der Waals surface area (Å²) in [6, 6.07) is 4.75. The van der Waals surface area contributed by atoms with Crippen LogP contribution in [0.5, 0.6) is 0 Å². The number of hydrogen-bond acceptors (Lipinski definition) is 2. The summed E-state index contributed by atoms with van der Waals surface area (Å²) in [6.07, 6.45) is 0.874. The molecule has 0 bridgehead atoms. The van der Waals surface area contributed by atoms with Gasteiger partial charge in [0.2, 0.25) is 0 Å². The van der Waals surface area contributed by atoms with Crippen molar-refractivity contribution in [1.82, 2.24) is 4.90 Å². The number of hydrogen-bond donors (Lipinski definition) is 1. The van der Waals surface area contributed by atoms with Crippen molar-refractivity contribution in [2.24, 2.45) is 5.41 Å². The summed E-state index contributed by atoms with van der Waals surface area (Å²) in [4.78, 5) is 25.2. The Morgan fingerprint density at radius 1 is 1.25 bits per heavy atom. The summed E-state index contributed by atoms with van der Waals surface area (Å²) in [5, 5.41) is 9.98. The van der Waals surface area contributed by atoms with Crippen LogP contribution in [0.4, 0.5) is 0 Å². The molecule has 20 heavy (non-hydrogen) atoms. The number of amides is 1. The number of carboxylic acids is 1. The van der Waals surface area contributed by atoms with Gasteiger partial charge < -0.3 is 10.0 Å². The van der Waals surface area contributed by atoms with Crippen molar-refractivity contribution in [3.63, 3.8) is 0 Å². The molecule has 0 aromatic heterocycles. The van der Waals surface area contributed by atoms with Gasteiger partial charge in [-0.05, 0) is 38.0 Å². The lowest BCUT2D eigenvalue weighted by Gasteiger charge is -2.36. The molecule has 0 aliphatic carbocycles. The quantitative estimate of drug-likeness (QED) is 0.910. The summed E-state index contributed by atoms with van der Waals surface area (Å²) in [6.45, 7) is 2.53. The van der Waals surface area contributed by atoms with Gasteiger partial charge in [0, 0.05) is 18.1 Å². The molecule has 2 rings (SSSR count). The van der Waals surface area contributed by atoms with E-state index in [4.69, 9.17) is 23.2 Å². The van der Waals surface area contributed by atoms with Crippen LogP contribution in [0.15, 0.2) is 18.2 Å². The molecule has 1 fully saturated rings. The van der Waals surface area contributed by atoms with E-state index >= 15 is 0 Å². The number of halogens is 2. The number of carboxylic acid groups (broad SMARTS) is 1. The fourth-order valence-corrected chi connectivity index (χ4v) is 2.62. The molecule has 108 valence electrons. The summed E-state index contributed by atoms with van der Waals surface area (Å²) in [5.74, 6) is -1.02. The van der Waals surface area contributed by atoms with Gasteiger partial charge in [0.05, 0.1) is 16.0 Å². The Kier molecular flexibility index (Phi) is 4.25. The molecule has 4 nitrogen and oxygen atoms in total. The van der Waals surface area contributed by atoms with Gasteiger partial charge in [0.15, 0.2) is 0 Å². The number of rotatable bonds is 2. The van der Waals surface area contributed by atoms with E-state index in [2.05, 4.69) is 0 Å². The minimum atomic E-state index is -0.814. The van der Waals surface area contributed by atoms with Crippen molar-refractivity contribution < 1.29 is 14.7 Å². The standard InChI is InChI=1S/C14H15Cl2NO3/c1-14(13(19)20)4-6-17(7-5-14)12(18)10-8-9(15)2-3-11(10)16/h2-3,8H,4-7H2,1H3,(H,19,20). The van der Waals surface area contributed by atoms with E-state index in [0.29, 0.717) is 41.5 Å². The highest BCUT2D eigenvalue weighted by Gasteiger charge is 2.38. The van der Waals surface area contributed by atoms with E-state index in [9.17, 15) is 14.7 Å². The lowest BCUT2D eigenvalue weighted by atomic mass is 9.80. The third kappa shape index (κ3) is 2.91. The van der Waals surface area contributed by atoms with Crippen LogP contribution in [0.25, 0.3) is 0 Å². The van der Waals surface area contributed by atoms with E-state index in [-0.39, 0.29) is 5.91 Å². The van der Waals surface area contributed by atoms with Gasteiger partial charge in [-0.15, -0.1) is 0 Å². The van der Waals surface area contributed by atoms with Gasteiger partial charge >= 0.3 is 5.97 Å². The highest BCUT2D eigenvalue weighted by molar-refractivity contribution is 6.35. The molecular formula is C14H15Cl2NO3. The molecule has 0 radical (unpaired) electrons. The maximum absolute atomic E-state index is 12.4. The highest BCUT2D eigenvalue weighted by atomic mass is 35.5. The largest absolute Gasteiger partial charge is 0.481 e. The van der Waals surface area contributed by atoms with Crippen LogP contribution in [0.1, 0.15) is 30.1 Å². The summed E-state index contributed by atoms with van der Waals surface area (Å²) >= 11 is 11.9. The molecule has 1 aromatic carbocycles. The monoisotopic (exact) mass is 315 g/mol. The molecule has 1 N–H and O–H groups in total. The smallest absolute Gasteiger partial charge is 0.309 e. The number of carbonyl (C=O) groups excluding carboxylic acids is 1. The first-order valence-electron chi connectivity index (χ1n) is 6.31. The summed E-state index contributed by atoms with van der Waals surface area (Å²) < 4.78 is 0. The molecule has 1 aliphatic rings. The fourth-order valence-electron chi connectivity index (χ4n) is 2.25. The van der Waals surface area contributed by atoms with Crippen LogP contribution in [0, 0.1) is 5.41 Å². The Morgan fingerprint density at radius 2 is 1.85 bits per heavy atom. The summed E-state index contributed by atoms with van der Waals surface area (Å²) in [7, 11) is 0. The average molecular weight is 316 g/mol. The van der Waals surface area contributed by atoms with E-state index in [1.165, 1.54) is 6.07 Å². The Labute approximate surface area is 127 Å². The Hall–Kier alpha value is -1.26. The number of likely N-dealkylation sites (tertiary alicyclic amines) is 1. The Bertz CT molecular complexity index is 551. The van der Waals surface area contributed by atoms with Gasteiger partial charge in [-0.2, -0.15) is 0 Å². The predicted octanol–water partition coefficient (Wildman–Crippen LogP) is 3.32. The van der Waals surface area contributed by atoms with Crippen LogP contribution >= 0.6 is 23.2 Å². The third-order valence-electron chi connectivity index (χ3n) is 3.83. The first kappa shape index (κ1) is 15.1. The molecule has 1 saturated heterocycles. The molecular weight excluding hydrogens is 301 g/mol. The number of nitrogens with zero attached hydrogens (tertiary/aromatic N) is 1. The number of piperidine rings is 1. The molecule has 1 amide bonds. The third-order valence-corrected chi connectivity index (χ3v) is 4.39. The number of aliphatic carboxylic acids is 1. The predicted molar refractivity (Wildman–Crippen MR) is 77.3 cm³/mol. The van der Waals surface area contributed by atoms with Gasteiger partial charge in [-0.1, -0.05) is 23.2 Å². The minimum absolute atomic E-state index is 0.204. The number of carbonyl (C=O) groups is 2. The molecule has 0 saturated carbocycles. The van der Waals surface area contributed by atoms with Crippen LogP contribution in [0.3, 0.4) is 0 Å². The fraction of sp³-hybridized carbons (Fsp3) is 0.429. The topological polar surface area (TPSA) is 57.6 Å². The van der Waals surface area contributed by atoms with Crippen molar-refractivity contribution in [2.75, 3.05) is 13.1 Å². The minimum Gasteiger partial charge on any atom is -0.481 e. The average Bonchev–Trinajstić information content (AvgIpc) is 2.41. The van der Waals surface area contributed by atoms with Crippen LogP contribution < -0.4 is 0 Å². The highest BCUT2D eigenvalue weighted by Crippen LogP contribution is 2.32. The van der Waals surface area contributed by atoms with Crippen molar-refractivity contribution in [3.05, 3.63) is 33.8 Å². The van der Waals surface area contributed by atoms with Crippen LogP contribution in [-0.2, 0) is 4.79 Å². The second-order valence-electron chi connectivity index (χ2n) is 5.28. The van der Waals surface area contributed by atoms with E-state index in [1.54, 1.807) is 24.0 Å². The van der Waals surface area contributed by atoms with Crippen molar-refractivity contribution in [1.29, 1.82) is 0 Å². The first-order chi connectivity index (χ1) is 9.33.